The fourth-order valence-corrected chi connectivity index (χ4v) is 1.27. The molecule has 1 aliphatic rings. The summed E-state index contributed by atoms with van der Waals surface area (Å²) in [6.45, 7) is 0. The van der Waals surface area contributed by atoms with E-state index in [0.29, 0.717) is 5.75 Å². The number of carbonyl (C=O) groups excluding carboxylic acids is 1. The molecule has 1 fully saturated rings. The van der Waals surface area contributed by atoms with Crippen molar-refractivity contribution in [3.8, 4) is 11.8 Å². The van der Waals surface area contributed by atoms with Crippen LogP contribution >= 0.6 is 0 Å². The molecule has 1 aromatic heterocycles. The molecule has 1 aliphatic carbocycles. The number of rotatable bonds is 3. The zero-order valence-corrected chi connectivity index (χ0v) is 8.86. The van der Waals surface area contributed by atoms with Crippen LogP contribution in [0.4, 0.5) is 0 Å². The molecule has 0 bridgehead atoms. The highest BCUT2D eigenvalue weighted by Crippen LogP contribution is 2.27. The lowest BCUT2D eigenvalue weighted by Crippen LogP contribution is -2.20. The van der Waals surface area contributed by atoms with Crippen LogP contribution in [0.3, 0.4) is 0 Å². The highest BCUT2D eigenvalue weighted by atomic mass is 16.5. The first-order valence-electron chi connectivity index (χ1n) is 5.03. The van der Waals surface area contributed by atoms with E-state index in [9.17, 15) is 4.79 Å². The van der Waals surface area contributed by atoms with Crippen molar-refractivity contribution in [2.75, 3.05) is 7.05 Å². The average Bonchev–Trinajstić information content (AvgIpc) is 3.11. The molecule has 0 aromatic carbocycles. The van der Waals surface area contributed by atoms with E-state index >= 15 is 0 Å². The van der Waals surface area contributed by atoms with Crippen LogP contribution in [0.15, 0.2) is 12.3 Å². The Kier molecular flexibility index (Phi) is 2.73. The molecule has 82 valence electrons. The molecular formula is C11H11N3O2. The normalized spacial score (nSPS) is 14.0. The predicted molar refractivity (Wildman–Crippen MR) is 56.0 cm³/mol. The lowest BCUT2D eigenvalue weighted by molar-refractivity contribution is 0.0958. The van der Waals surface area contributed by atoms with Crippen LogP contribution in [0.2, 0.25) is 0 Å². The van der Waals surface area contributed by atoms with Crippen molar-refractivity contribution in [3.05, 3.63) is 23.5 Å². The number of nitrogens with one attached hydrogen (secondary N) is 1. The Hall–Kier alpha value is -2.09. The molecule has 5 nitrogen and oxygen atoms in total. The Bertz CT molecular complexity index is 461. The molecule has 0 saturated heterocycles. The summed E-state index contributed by atoms with van der Waals surface area (Å²) < 4.78 is 5.49. The Balaban J connectivity index is 2.27. The molecule has 0 atom stereocenters. The van der Waals surface area contributed by atoms with E-state index in [1.807, 2.05) is 6.07 Å². The maximum atomic E-state index is 11.4. The van der Waals surface area contributed by atoms with Gasteiger partial charge in [-0.1, -0.05) is 0 Å². The molecule has 1 aromatic rings. The summed E-state index contributed by atoms with van der Waals surface area (Å²) in [5.41, 5.74) is 0.366. The van der Waals surface area contributed by atoms with Gasteiger partial charge >= 0.3 is 0 Å². The van der Waals surface area contributed by atoms with E-state index in [2.05, 4.69) is 10.3 Å². The SMILES string of the molecule is CNC(=O)c1ncc(OC2CC2)cc1C#N. The topological polar surface area (TPSA) is 75.0 Å². The van der Waals surface area contributed by atoms with Gasteiger partial charge in [0.1, 0.15) is 17.5 Å². The van der Waals surface area contributed by atoms with Crippen LogP contribution in [0.5, 0.6) is 5.75 Å². The first-order chi connectivity index (χ1) is 7.74. The van der Waals surface area contributed by atoms with Crippen molar-refractivity contribution in [2.45, 2.75) is 18.9 Å². The lowest BCUT2D eigenvalue weighted by atomic mass is 10.2. The maximum Gasteiger partial charge on any atom is 0.271 e. The number of carbonyl (C=O) groups is 1. The molecule has 0 aliphatic heterocycles. The number of pyridine rings is 1. The zero-order valence-electron chi connectivity index (χ0n) is 8.86. The predicted octanol–water partition coefficient (Wildman–Crippen LogP) is 0.854. The second-order valence-electron chi connectivity index (χ2n) is 3.58. The van der Waals surface area contributed by atoms with Crippen LogP contribution in [-0.2, 0) is 0 Å². The van der Waals surface area contributed by atoms with Crippen molar-refractivity contribution in [1.29, 1.82) is 5.26 Å². The number of nitriles is 1. The average molecular weight is 217 g/mol. The van der Waals surface area contributed by atoms with Crippen LogP contribution < -0.4 is 10.1 Å². The van der Waals surface area contributed by atoms with E-state index in [1.54, 1.807) is 6.07 Å². The van der Waals surface area contributed by atoms with E-state index < -0.39 is 0 Å². The molecule has 1 saturated carbocycles. The van der Waals surface area contributed by atoms with Gasteiger partial charge in [0.2, 0.25) is 0 Å². The maximum absolute atomic E-state index is 11.4. The van der Waals surface area contributed by atoms with Gasteiger partial charge in [0.05, 0.1) is 17.9 Å². The van der Waals surface area contributed by atoms with Crippen molar-refractivity contribution in [3.63, 3.8) is 0 Å². The lowest BCUT2D eigenvalue weighted by Gasteiger charge is -2.06. The van der Waals surface area contributed by atoms with Gasteiger partial charge < -0.3 is 10.1 Å². The smallest absolute Gasteiger partial charge is 0.271 e. The summed E-state index contributed by atoms with van der Waals surface area (Å²) in [6, 6.07) is 3.49. The number of aromatic nitrogens is 1. The van der Waals surface area contributed by atoms with Gasteiger partial charge in [0, 0.05) is 13.1 Å². The second-order valence-corrected chi connectivity index (χ2v) is 3.58. The number of amides is 1. The Morgan fingerprint density at radius 2 is 2.44 bits per heavy atom. The summed E-state index contributed by atoms with van der Waals surface area (Å²) in [6.07, 6.45) is 3.81. The van der Waals surface area contributed by atoms with Gasteiger partial charge in [-0.15, -0.1) is 0 Å². The fraction of sp³-hybridized carbons (Fsp3) is 0.364. The van der Waals surface area contributed by atoms with Crippen LogP contribution in [0.25, 0.3) is 0 Å². The molecule has 1 N–H and O–H groups in total. The van der Waals surface area contributed by atoms with E-state index in [0.717, 1.165) is 12.8 Å². The third kappa shape index (κ3) is 2.11. The molecule has 0 radical (unpaired) electrons. The van der Waals surface area contributed by atoms with Gasteiger partial charge in [-0.05, 0) is 12.8 Å². The third-order valence-electron chi connectivity index (χ3n) is 2.25. The minimum absolute atomic E-state index is 0.133. The van der Waals surface area contributed by atoms with Crippen LogP contribution in [-0.4, -0.2) is 24.0 Å². The van der Waals surface area contributed by atoms with E-state index in [-0.39, 0.29) is 23.3 Å². The molecule has 1 amide bonds. The quantitative estimate of drug-likeness (QED) is 0.814. The van der Waals surface area contributed by atoms with E-state index in [1.165, 1.54) is 13.2 Å². The van der Waals surface area contributed by atoms with E-state index in [4.69, 9.17) is 10.00 Å². The largest absolute Gasteiger partial charge is 0.489 e. The number of ether oxygens (including phenoxy) is 1. The Morgan fingerprint density at radius 1 is 1.69 bits per heavy atom. The minimum atomic E-state index is -0.366. The molecule has 2 rings (SSSR count). The molecule has 1 heterocycles. The molecular weight excluding hydrogens is 206 g/mol. The Labute approximate surface area is 93.1 Å². The van der Waals surface area contributed by atoms with Crippen molar-refractivity contribution >= 4 is 5.91 Å². The van der Waals surface area contributed by atoms with Crippen molar-refractivity contribution < 1.29 is 9.53 Å². The van der Waals surface area contributed by atoms with Gasteiger partial charge in [0.15, 0.2) is 0 Å². The summed E-state index contributed by atoms with van der Waals surface area (Å²) in [4.78, 5) is 15.3. The first kappa shape index (κ1) is 10.4. The van der Waals surface area contributed by atoms with Crippen molar-refractivity contribution in [2.24, 2.45) is 0 Å². The Morgan fingerprint density at radius 3 is 3.00 bits per heavy atom. The van der Waals surface area contributed by atoms with Crippen molar-refractivity contribution in [1.82, 2.24) is 10.3 Å². The second kappa shape index (κ2) is 4.19. The standard InChI is InChI=1S/C11H11N3O2/c1-13-11(15)10-7(5-12)4-9(6-14-10)16-8-2-3-8/h4,6,8H,2-3H2,1H3,(H,13,15). The van der Waals surface area contributed by atoms with Crippen LogP contribution in [0, 0.1) is 11.3 Å². The summed E-state index contributed by atoms with van der Waals surface area (Å²) in [7, 11) is 1.50. The highest BCUT2D eigenvalue weighted by Gasteiger charge is 2.24. The third-order valence-corrected chi connectivity index (χ3v) is 2.25. The zero-order chi connectivity index (χ0) is 11.5. The molecule has 16 heavy (non-hydrogen) atoms. The first-order valence-corrected chi connectivity index (χ1v) is 5.03. The van der Waals surface area contributed by atoms with Crippen LogP contribution in [0.1, 0.15) is 28.9 Å². The molecule has 5 heteroatoms. The number of hydrogen-bond donors (Lipinski definition) is 1. The van der Waals surface area contributed by atoms with Gasteiger partial charge in [0.25, 0.3) is 5.91 Å². The molecule has 0 unspecified atom stereocenters. The summed E-state index contributed by atoms with van der Waals surface area (Å²) in [5.74, 6) is 0.182. The monoisotopic (exact) mass is 217 g/mol. The number of nitrogens with zero attached hydrogens (tertiary/aromatic N) is 2. The molecule has 0 spiro atoms. The van der Waals surface area contributed by atoms with Gasteiger partial charge in [-0.2, -0.15) is 5.26 Å². The highest BCUT2D eigenvalue weighted by molar-refractivity contribution is 5.94. The number of hydrogen-bond acceptors (Lipinski definition) is 4. The fourth-order valence-electron chi connectivity index (χ4n) is 1.27. The minimum Gasteiger partial charge on any atom is -0.489 e. The summed E-state index contributed by atoms with van der Waals surface area (Å²) in [5, 5.41) is 11.3. The van der Waals surface area contributed by atoms with Gasteiger partial charge in [-0.25, -0.2) is 4.98 Å². The summed E-state index contributed by atoms with van der Waals surface area (Å²) >= 11 is 0. The van der Waals surface area contributed by atoms with Gasteiger partial charge in [-0.3, -0.25) is 4.79 Å².